The predicted molar refractivity (Wildman–Crippen MR) is 77.6 cm³/mol. The molecule has 0 aliphatic carbocycles. The Bertz CT molecular complexity index is 371. The Kier molecular flexibility index (Phi) is 4.41. The van der Waals surface area contributed by atoms with E-state index in [-0.39, 0.29) is 0 Å². The number of aryl methyl sites for hydroxylation is 1. The van der Waals surface area contributed by atoms with E-state index in [4.69, 9.17) is 5.73 Å². The molecule has 3 unspecified atom stereocenters. The third-order valence-electron chi connectivity index (χ3n) is 4.47. The molecule has 1 aliphatic heterocycles. The summed E-state index contributed by atoms with van der Waals surface area (Å²) in [7, 11) is 0. The van der Waals surface area contributed by atoms with Crippen LogP contribution >= 0.6 is 0 Å². The third-order valence-corrected chi connectivity index (χ3v) is 4.47. The van der Waals surface area contributed by atoms with Gasteiger partial charge in [0, 0.05) is 18.6 Å². The Morgan fingerprint density at radius 2 is 2.00 bits per heavy atom. The van der Waals surface area contributed by atoms with E-state index >= 15 is 0 Å². The summed E-state index contributed by atoms with van der Waals surface area (Å²) in [6.45, 7) is 8.96. The van der Waals surface area contributed by atoms with E-state index in [1.54, 1.807) is 0 Å². The van der Waals surface area contributed by atoms with E-state index in [0.717, 1.165) is 13.0 Å². The highest BCUT2D eigenvalue weighted by Gasteiger charge is 2.26. The van der Waals surface area contributed by atoms with Crippen molar-refractivity contribution in [1.82, 2.24) is 4.90 Å². The summed E-state index contributed by atoms with van der Waals surface area (Å²) >= 11 is 0. The summed E-state index contributed by atoms with van der Waals surface area (Å²) in [5.74, 6) is 0.663. The number of piperidine rings is 1. The molecule has 0 bridgehead atoms. The van der Waals surface area contributed by atoms with Gasteiger partial charge in [-0.15, -0.1) is 0 Å². The molecule has 2 N–H and O–H groups in total. The molecule has 0 radical (unpaired) electrons. The van der Waals surface area contributed by atoms with Gasteiger partial charge in [0.05, 0.1) is 0 Å². The molecule has 1 fully saturated rings. The van der Waals surface area contributed by atoms with E-state index < -0.39 is 0 Å². The molecule has 3 atom stereocenters. The molecule has 2 rings (SSSR count). The largest absolute Gasteiger partial charge is 0.326 e. The first-order chi connectivity index (χ1) is 8.61. The van der Waals surface area contributed by atoms with Crippen LogP contribution in [0.5, 0.6) is 0 Å². The predicted octanol–water partition coefficient (Wildman–Crippen LogP) is 2.98. The molecule has 1 saturated heterocycles. The van der Waals surface area contributed by atoms with Gasteiger partial charge in [0.15, 0.2) is 0 Å². The van der Waals surface area contributed by atoms with Crippen molar-refractivity contribution in [3.63, 3.8) is 0 Å². The zero-order valence-corrected chi connectivity index (χ0v) is 11.9. The van der Waals surface area contributed by atoms with Crippen molar-refractivity contribution in [2.75, 3.05) is 13.1 Å². The molecule has 100 valence electrons. The van der Waals surface area contributed by atoms with Crippen molar-refractivity contribution in [3.8, 4) is 0 Å². The average Bonchev–Trinajstić information content (AvgIpc) is 2.41. The number of nitrogens with zero attached hydrogens (tertiary/aromatic N) is 1. The maximum absolute atomic E-state index is 6.19. The first-order valence-corrected chi connectivity index (χ1v) is 7.20. The van der Waals surface area contributed by atoms with Crippen LogP contribution in [-0.2, 0) is 6.42 Å². The van der Waals surface area contributed by atoms with Gasteiger partial charge in [-0.25, -0.2) is 0 Å². The lowest BCUT2D eigenvalue weighted by atomic mass is 9.92. The van der Waals surface area contributed by atoms with E-state index in [1.807, 2.05) is 0 Å². The number of benzene rings is 1. The van der Waals surface area contributed by atoms with Crippen LogP contribution in [0.4, 0.5) is 0 Å². The lowest BCUT2D eigenvalue weighted by Crippen LogP contribution is -2.48. The van der Waals surface area contributed by atoms with Crippen LogP contribution in [0, 0.1) is 5.92 Å². The van der Waals surface area contributed by atoms with Crippen molar-refractivity contribution in [1.29, 1.82) is 0 Å². The molecule has 0 aromatic heterocycles. The van der Waals surface area contributed by atoms with E-state index in [9.17, 15) is 0 Å². The molecule has 2 nitrogen and oxygen atoms in total. The number of likely N-dealkylation sites (tertiary alicyclic amines) is 1. The second kappa shape index (κ2) is 5.85. The molecule has 1 aromatic rings. The SMILES string of the molecule is CCc1ccc(C(C)N2CCC(C)C(N)C2)cc1. The quantitative estimate of drug-likeness (QED) is 0.888. The molecule has 1 aromatic carbocycles. The summed E-state index contributed by atoms with van der Waals surface area (Å²) in [4.78, 5) is 2.52. The molecular formula is C16H26N2. The minimum absolute atomic E-state index is 0.330. The first-order valence-electron chi connectivity index (χ1n) is 7.20. The van der Waals surface area contributed by atoms with Gasteiger partial charge in [-0.2, -0.15) is 0 Å². The Morgan fingerprint density at radius 3 is 2.56 bits per heavy atom. The summed E-state index contributed by atoms with van der Waals surface area (Å²) < 4.78 is 0. The van der Waals surface area contributed by atoms with Crippen molar-refractivity contribution < 1.29 is 0 Å². The maximum Gasteiger partial charge on any atom is 0.0320 e. The Labute approximate surface area is 111 Å². The van der Waals surface area contributed by atoms with Crippen LogP contribution in [0.2, 0.25) is 0 Å². The Morgan fingerprint density at radius 1 is 1.33 bits per heavy atom. The zero-order valence-electron chi connectivity index (χ0n) is 11.9. The zero-order chi connectivity index (χ0) is 13.1. The van der Waals surface area contributed by atoms with E-state index in [1.165, 1.54) is 24.1 Å². The van der Waals surface area contributed by atoms with Gasteiger partial charge in [0.1, 0.15) is 0 Å². The fourth-order valence-corrected chi connectivity index (χ4v) is 2.72. The van der Waals surface area contributed by atoms with Crippen LogP contribution in [-0.4, -0.2) is 24.0 Å². The molecule has 18 heavy (non-hydrogen) atoms. The fraction of sp³-hybridized carbons (Fsp3) is 0.625. The maximum atomic E-state index is 6.19. The summed E-state index contributed by atoms with van der Waals surface area (Å²) in [6.07, 6.45) is 2.33. The van der Waals surface area contributed by atoms with Gasteiger partial charge in [-0.1, -0.05) is 38.1 Å². The summed E-state index contributed by atoms with van der Waals surface area (Å²) in [5.41, 5.74) is 9.01. The second-order valence-corrected chi connectivity index (χ2v) is 5.70. The minimum atomic E-state index is 0.330. The molecule has 0 saturated carbocycles. The number of nitrogens with two attached hydrogens (primary N) is 1. The molecular weight excluding hydrogens is 220 g/mol. The van der Waals surface area contributed by atoms with Crippen molar-refractivity contribution in [2.45, 2.75) is 45.7 Å². The summed E-state index contributed by atoms with van der Waals surface area (Å²) in [5, 5.41) is 0. The molecule has 0 amide bonds. The first kappa shape index (κ1) is 13.6. The standard InChI is InChI=1S/C16H26N2/c1-4-14-5-7-15(8-6-14)13(3)18-10-9-12(2)16(17)11-18/h5-8,12-13,16H,4,9-11,17H2,1-3H3. The molecule has 2 heteroatoms. The highest BCUT2D eigenvalue weighted by atomic mass is 15.2. The normalized spacial score (nSPS) is 27.1. The monoisotopic (exact) mass is 246 g/mol. The van der Waals surface area contributed by atoms with Gasteiger partial charge < -0.3 is 5.73 Å². The molecule has 0 spiro atoms. The van der Waals surface area contributed by atoms with Crippen LogP contribution in [0.15, 0.2) is 24.3 Å². The molecule has 1 heterocycles. The topological polar surface area (TPSA) is 29.3 Å². The fourth-order valence-electron chi connectivity index (χ4n) is 2.72. The smallest absolute Gasteiger partial charge is 0.0320 e. The average molecular weight is 246 g/mol. The number of rotatable bonds is 3. The highest BCUT2D eigenvalue weighted by molar-refractivity contribution is 5.24. The third kappa shape index (κ3) is 2.93. The van der Waals surface area contributed by atoms with Gasteiger partial charge >= 0.3 is 0 Å². The lowest BCUT2D eigenvalue weighted by molar-refractivity contribution is 0.128. The Hall–Kier alpha value is -0.860. The van der Waals surface area contributed by atoms with Crippen LogP contribution in [0.3, 0.4) is 0 Å². The van der Waals surface area contributed by atoms with Crippen molar-refractivity contribution in [2.24, 2.45) is 11.7 Å². The van der Waals surface area contributed by atoms with Gasteiger partial charge in [0.25, 0.3) is 0 Å². The second-order valence-electron chi connectivity index (χ2n) is 5.70. The van der Waals surface area contributed by atoms with Crippen molar-refractivity contribution in [3.05, 3.63) is 35.4 Å². The van der Waals surface area contributed by atoms with Crippen LogP contribution in [0.1, 0.15) is 44.4 Å². The minimum Gasteiger partial charge on any atom is -0.326 e. The van der Waals surface area contributed by atoms with Gasteiger partial charge in [-0.3, -0.25) is 4.90 Å². The molecule has 1 aliphatic rings. The van der Waals surface area contributed by atoms with Gasteiger partial charge in [0.2, 0.25) is 0 Å². The van der Waals surface area contributed by atoms with E-state index in [0.29, 0.717) is 18.0 Å². The van der Waals surface area contributed by atoms with E-state index in [2.05, 4.69) is 49.9 Å². The van der Waals surface area contributed by atoms with Crippen LogP contribution in [0.25, 0.3) is 0 Å². The highest BCUT2D eigenvalue weighted by Crippen LogP contribution is 2.26. The summed E-state index contributed by atoms with van der Waals surface area (Å²) in [6, 6.07) is 9.85. The van der Waals surface area contributed by atoms with Crippen LogP contribution < -0.4 is 5.73 Å². The van der Waals surface area contributed by atoms with Gasteiger partial charge in [-0.05, 0) is 43.4 Å². The number of hydrogen-bond donors (Lipinski definition) is 1. The van der Waals surface area contributed by atoms with Crippen molar-refractivity contribution >= 4 is 0 Å². The Balaban J connectivity index is 2.03. The lowest BCUT2D eigenvalue weighted by Gasteiger charge is -2.38. The number of hydrogen-bond acceptors (Lipinski definition) is 2.